The maximum Gasteiger partial charge on any atom is 0.325 e. The standard InChI is InChI=1S/C20H30N2O3/c1-18(2,3)14-8-10-15(11-9-14)20(7)16(23)22(17(24)21-20)12-13-25-19(4,5)6/h8-11H,12-13H2,1-7H3,(H,21,24). The molecule has 3 amide bonds. The first-order valence-electron chi connectivity index (χ1n) is 8.74. The maximum atomic E-state index is 12.9. The van der Waals surface area contributed by atoms with Crippen LogP contribution < -0.4 is 5.32 Å². The van der Waals surface area contributed by atoms with E-state index in [0.29, 0.717) is 6.61 Å². The largest absolute Gasteiger partial charge is 0.374 e. The van der Waals surface area contributed by atoms with E-state index in [0.717, 1.165) is 5.56 Å². The normalized spacial score (nSPS) is 21.6. The maximum absolute atomic E-state index is 12.9. The molecule has 25 heavy (non-hydrogen) atoms. The highest BCUT2D eigenvalue weighted by atomic mass is 16.5. The molecule has 1 aromatic carbocycles. The number of hydrogen-bond donors (Lipinski definition) is 1. The summed E-state index contributed by atoms with van der Waals surface area (Å²) in [6, 6.07) is 7.52. The molecule has 1 N–H and O–H groups in total. The number of imide groups is 1. The van der Waals surface area contributed by atoms with E-state index < -0.39 is 5.54 Å². The minimum Gasteiger partial charge on any atom is -0.374 e. The van der Waals surface area contributed by atoms with E-state index in [9.17, 15) is 9.59 Å². The van der Waals surface area contributed by atoms with E-state index in [1.165, 1.54) is 10.5 Å². The van der Waals surface area contributed by atoms with Crippen molar-refractivity contribution in [2.75, 3.05) is 13.2 Å². The SMILES string of the molecule is CC(C)(C)OCCN1C(=O)NC(C)(c2ccc(C(C)(C)C)cc2)C1=O. The molecule has 138 valence electrons. The van der Waals surface area contributed by atoms with Crippen LogP contribution in [0.5, 0.6) is 0 Å². The summed E-state index contributed by atoms with van der Waals surface area (Å²) in [5.41, 5.74) is 0.685. The van der Waals surface area contributed by atoms with Crippen LogP contribution in [0.3, 0.4) is 0 Å². The third-order valence-corrected chi connectivity index (χ3v) is 4.45. The predicted molar refractivity (Wildman–Crippen MR) is 98.4 cm³/mol. The van der Waals surface area contributed by atoms with E-state index >= 15 is 0 Å². The van der Waals surface area contributed by atoms with Crippen LogP contribution in [-0.4, -0.2) is 35.6 Å². The fraction of sp³-hybridized carbons (Fsp3) is 0.600. The average molecular weight is 346 g/mol. The van der Waals surface area contributed by atoms with Crippen molar-refractivity contribution < 1.29 is 14.3 Å². The Morgan fingerprint density at radius 1 is 1.04 bits per heavy atom. The molecule has 1 heterocycles. The van der Waals surface area contributed by atoms with Gasteiger partial charge in [0, 0.05) is 0 Å². The second-order valence-corrected chi connectivity index (χ2v) is 8.80. The molecule has 0 bridgehead atoms. The highest BCUT2D eigenvalue weighted by Crippen LogP contribution is 2.31. The van der Waals surface area contributed by atoms with Crippen LogP contribution in [0, 0.1) is 0 Å². The molecule has 1 atom stereocenters. The van der Waals surface area contributed by atoms with Gasteiger partial charge in [0.05, 0.1) is 18.8 Å². The lowest BCUT2D eigenvalue weighted by Gasteiger charge is -2.25. The van der Waals surface area contributed by atoms with Crippen LogP contribution in [0.2, 0.25) is 0 Å². The van der Waals surface area contributed by atoms with E-state index in [4.69, 9.17) is 4.74 Å². The first-order chi connectivity index (χ1) is 11.3. The van der Waals surface area contributed by atoms with Gasteiger partial charge >= 0.3 is 6.03 Å². The number of benzene rings is 1. The van der Waals surface area contributed by atoms with Crippen LogP contribution in [0.15, 0.2) is 24.3 Å². The van der Waals surface area contributed by atoms with Crippen molar-refractivity contribution in [2.45, 2.75) is 65.0 Å². The van der Waals surface area contributed by atoms with Gasteiger partial charge in [0.15, 0.2) is 0 Å². The summed E-state index contributed by atoms with van der Waals surface area (Å²) < 4.78 is 5.64. The van der Waals surface area contributed by atoms with Crippen molar-refractivity contribution in [2.24, 2.45) is 0 Å². The number of hydrogen-bond acceptors (Lipinski definition) is 3. The Morgan fingerprint density at radius 3 is 2.08 bits per heavy atom. The number of nitrogens with zero attached hydrogens (tertiary/aromatic N) is 1. The molecule has 0 aromatic heterocycles. The first kappa shape index (κ1) is 19.4. The van der Waals surface area contributed by atoms with E-state index in [1.54, 1.807) is 6.92 Å². The zero-order chi connectivity index (χ0) is 19.0. The van der Waals surface area contributed by atoms with Gasteiger partial charge < -0.3 is 10.1 Å². The highest BCUT2D eigenvalue weighted by molar-refractivity contribution is 6.07. The number of carbonyl (C=O) groups is 2. The third-order valence-electron chi connectivity index (χ3n) is 4.45. The molecule has 0 saturated carbocycles. The molecule has 0 radical (unpaired) electrons. The number of nitrogens with one attached hydrogen (secondary N) is 1. The summed E-state index contributed by atoms with van der Waals surface area (Å²) in [7, 11) is 0. The third kappa shape index (κ3) is 4.21. The Balaban J connectivity index is 2.16. The first-order valence-corrected chi connectivity index (χ1v) is 8.74. The Morgan fingerprint density at radius 2 is 1.60 bits per heavy atom. The summed E-state index contributed by atoms with van der Waals surface area (Å²) in [4.78, 5) is 26.4. The molecule has 1 aliphatic rings. The molecule has 1 aliphatic heterocycles. The smallest absolute Gasteiger partial charge is 0.325 e. The lowest BCUT2D eigenvalue weighted by molar-refractivity contribution is -0.132. The highest BCUT2D eigenvalue weighted by Gasteiger charge is 2.48. The van der Waals surface area contributed by atoms with Gasteiger partial charge in [0.2, 0.25) is 0 Å². The number of urea groups is 1. The van der Waals surface area contributed by atoms with Crippen LogP contribution in [-0.2, 0) is 20.5 Å². The molecule has 5 nitrogen and oxygen atoms in total. The zero-order valence-electron chi connectivity index (χ0n) is 16.4. The van der Waals surface area contributed by atoms with Gasteiger partial charge in [-0.25, -0.2) is 4.79 Å². The minimum atomic E-state index is -1.03. The molecule has 1 unspecified atom stereocenters. The predicted octanol–water partition coefficient (Wildman–Crippen LogP) is 3.57. The molecular weight excluding hydrogens is 316 g/mol. The summed E-state index contributed by atoms with van der Waals surface area (Å²) in [6.45, 7) is 14.6. The molecule has 2 rings (SSSR count). The molecule has 1 fully saturated rings. The summed E-state index contributed by atoms with van der Waals surface area (Å²) in [6.07, 6.45) is 0. The summed E-state index contributed by atoms with van der Waals surface area (Å²) in [5.74, 6) is -0.237. The molecule has 0 spiro atoms. The van der Waals surface area contributed by atoms with Gasteiger partial charge in [-0.2, -0.15) is 0 Å². The van der Waals surface area contributed by atoms with E-state index in [2.05, 4.69) is 26.1 Å². The van der Waals surface area contributed by atoms with Gasteiger partial charge in [-0.15, -0.1) is 0 Å². The Labute approximate surface area is 150 Å². The monoisotopic (exact) mass is 346 g/mol. The quantitative estimate of drug-likeness (QED) is 0.848. The van der Waals surface area contributed by atoms with E-state index in [-0.39, 0.29) is 29.5 Å². The zero-order valence-corrected chi connectivity index (χ0v) is 16.4. The molecular formula is C20H30N2O3. The summed E-state index contributed by atoms with van der Waals surface area (Å²) in [5, 5.41) is 2.83. The van der Waals surface area contributed by atoms with Gasteiger partial charge in [-0.1, -0.05) is 45.0 Å². The van der Waals surface area contributed by atoms with Crippen molar-refractivity contribution >= 4 is 11.9 Å². The van der Waals surface area contributed by atoms with Gasteiger partial charge in [0.1, 0.15) is 5.54 Å². The Hall–Kier alpha value is -1.88. The number of amides is 3. The number of ether oxygens (including phenoxy) is 1. The topological polar surface area (TPSA) is 58.6 Å². The molecule has 1 saturated heterocycles. The molecule has 5 heteroatoms. The van der Waals surface area contributed by atoms with E-state index in [1.807, 2.05) is 45.0 Å². The van der Waals surface area contributed by atoms with Crippen LogP contribution in [0.25, 0.3) is 0 Å². The fourth-order valence-corrected chi connectivity index (χ4v) is 2.84. The van der Waals surface area contributed by atoms with Crippen LogP contribution >= 0.6 is 0 Å². The van der Waals surface area contributed by atoms with Gasteiger partial charge in [-0.05, 0) is 44.2 Å². The number of rotatable bonds is 4. The Bertz CT molecular complexity index is 653. The van der Waals surface area contributed by atoms with Crippen molar-refractivity contribution in [3.05, 3.63) is 35.4 Å². The number of carbonyl (C=O) groups excluding carboxylic acids is 2. The van der Waals surface area contributed by atoms with Crippen LogP contribution in [0.4, 0.5) is 4.79 Å². The Kier molecular flexibility index (Phi) is 5.01. The second kappa shape index (κ2) is 6.45. The van der Waals surface area contributed by atoms with Crippen molar-refractivity contribution in [3.63, 3.8) is 0 Å². The van der Waals surface area contributed by atoms with Crippen molar-refractivity contribution in [1.82, 2.24) is 10.2 Å². The van der Waals surface area contributed by atoms with Crippen molar-refractivity contribution in [3.8, 4) is 0 Å². The average Bonchev–Trinajstić information content (AvgIpc) is 2.69. The fourth-order valence-electron chi connectivity index (χ4n) is 2.84. The van der Waals surface area contributed by atoms with Crippen molar-refractivity contribution in [1.29, 1.82) is 0 Å². The lowest BCUT2D eigenvalue weighted by atomic mass is 9.84. The van der Waals surface area contributed by atoms with Gasteiger partial charge in [0.25, 0.3) is 5.91 Å². The van der Waals surface area contributed by atoms with Gasteiger partial charge in [-0.3, -0.25) is 9.69 Å². The second-order valence-electron chi connectivity index (χ2n) is 8.80. The molecule has 1 aromatic rings. The molecule has 0 aliphatic carbocycles. The minimum absolute atomic E-state index is 0.0404. The van der Waals surface area contributed by atoms with Crippen LogP contribution in [0.1, 0.15) is 59.6 Å². The lowest BCUT2D eigenvalue weighted by Crippen LogP contribution is -2.41. The summed E-state index contributed by atoms with van der Waals surface area (Å²) >= 11 is 0.